The van der Waals surface area contributed by atoms with Crippen LogP contribution in [0, 0.1) is 5.92 Å². The van der Waals surface area contributed by atoms with E-state index in [1.807, 2.05) is 12.3 Å². The molecule has 0 unspecified atom stereocenters. The molecular formula is C17H28N4O. The lowest BCUT2D eigenvalue weighted by Gasteiger charge is -2.22. The quantitative estimate of drug-likeness (QED) is 0.430. The minimum absolute atomic E-state index is 0.764. The van der Waals surface area contributed by atoms with Gasteiger partial charge in [0.25, 0.3) is 0 Å². The molecule has 1 saturated carbocycles. The highest BCUT2D eigenvalue weighted by Gasteiger charge is 2.21. The van der Waals surface area contributed by atoms with E-state index in [0.29, 0.717) is 0 Å². The Kier molecular flexibility index (Phi) is 7.16. The zero-order valence-electron chi connectivity index (χ0n) is 13.8. The molecule has 1 aromatic rings. The van der Waals surface area contributed by atoms with Crippen molar-refractivity contribution in [2.75, 3.05) is 39.9 Å². The third kappa shape index (κ3) is 6.43. The number of ether oxygens (including phenoxy) is 1. The fraction of sp³-hybridized carbons (Fsp3) is 0.647. The predicted octanol–water partition coefficient (Wildman–Crippen LogP) is 1.95. The van der Waals surface area contributed by atoms with Crippen LogP contribution in [0.4, 0.5) is 0 Å². The number of hydrogen-bond acceptors (Lipinski definition) is 3. The van der Waals surface area contributed by atoms with Gasteiger partial charge in [-0.1, -0.05) is 6.07 Å². The van der Waals surface area contributed by atoms with Gasteiger partial charge in [0, 0.05) is 45.7 Å². The first-order valence-corrected chi connectivity index (χ1v) is 8.25. The van der Waals surface area contributed by atoms with Crippen molar-refractivity contribution in [3.8, 4) is 0 Å². The summed E-state index contributed by atoms with van der Waals surface area (Å²) >= 11 is 0. The van der Waals surface area contributed by atoms with Gasteiger partial charge in [0.05, 0.1) is 6.61 Å². The Labute approximate surface area is 133 Å². The van der Waals surface area contributed by atoms with Crippen LogP contribution in [0.15, 0.2) is 29.5 Å². The van der Waals surface area contributed by atoms with Gasteiger partial charge < -0.3 is 15.0 Å². The fourth-order valence-electron chi connectivity index (χ4n) is 2.15. The standard InChI is InChI=1S/C17H28N4O/c1-3-19-17(20-10-8-15-5-4-9-18-13-15)21(2)11-12-22-14-16-6-7-16/h4-5,9,13,16H,3,6-8,10-12,14H2,1-2H3,(H,19,20). The first-order chi connectivity index (χ1) is 10.8. The van der Waals surface area contributed by atoms with Crippen molar-refractivity contribution in [2.45, 2.75) is 26.2 Å². The third-order valence-electron chi connectivity index (χ3n) is 3.70. The van der Waals surface area contributed by atoms with Crippen LogP contribution < -0.4 is 5.32 Å². The van der Waals surface area contributed by atoms with E-state index in [1.54, 1.807) is 6.20 Å². The topological polar surface area (TPSA) is 49.8 Å². The Balaban J connectivity index is 1.72. The zero-order valence-corrected chi connectivity index (χ0v) is 13.8. The number of hydrogen-bond donors (Lipinski definition) is 1. The molecule has 1 N–H and O–H groups in total. The highest BCUT2D eigenvalue weighted by Crippen LogP contribution is 2.28. The maximum absolute atomic E-state index is 5.70. The van der Waals surface area contributed by atoms with Gasteiger partial charge in [0.1, 0.15) is 0 Å². The monoisotopic (exact) mass is 304 g/mol. The minimum atomic E-state index is 0.764. The second-order valence-corrected chi connectivity index (χ2v) is 5.79. The molecule has 22 heavy (non-hydrogen) atoms. The number of nitrogens with zero attached hydrogens (tertiary/aromatic N) is 3. The van der Waals surface area contributed by atoms with Gasteiger partial charge in [-0.2, -0.15) is 0 Å². The number of guanidine groups is 1. The van der Waals surface area contributed by atoms with Gasteiger partial charge >= 0.3 is 0 Å². The lowest BCUT2D eigenvalue weighted by molar-refractivity contribution is 0.115. The van der Waals surface area contributed by atoms with E-state index in [-0.39, 0.29) is 0 Å². The Morgan fingerprint density at radius 2 is 2.36 bits per heavy atom. The van der Waals surface area contributed by atoms with Crippen LogP contribution >= 0.6 is 0 Å². The summed E-state index contributed by atoms with van der Waals surface area (Å²) in [5.41, 5.74) is 1.22. The largest absolute Gasteiger partial charge is 0.379 e. The van der Waals surface area contributed by atoms with Crippen LogP contribution in [0.2, 0.25) is 0 Å². The maximum atomic E-state index is 5.70. The summed E-state index contributed by atoms with van der Waals surface area (Å²) in [5, 5.41) is 3.34. The van der Waals surface area contributed by atoms with Gasteiger partial charge in [-0.25, -0.2) is 0 Å². The Morgan fingerprint density at radius 1 is 1.50 bits per heavy atom. The first-order valence-electron chi connectivity index (χ1n) is 8.25. The summed E-state index contributed by atoms with van der Waals surface area (Å²) in [6, 6.07) is 4.05. The molecule has 0 radical (unpaired) electrons. The van der Waals surface area contributed by atoms with Crippen LogP contribution in [0.3, 0.4) is 0 Å². The SMILES string of the molecule is CCNC(=NCCc1cccnc1)N(C)CCOCC1CC1. The smallest absolute Gasteiger partial charge is 0.193 e. The van der Waals surface area contributed by atoms with Crippen LogP contribution in [-0.4, -0.2) is 55.7 Å². The molecule has 1 aliphatic carbocycles. The number of aliphatic imine (C=N–C) groups is 1. The number of rotatable bonds is 9. The van der Waals surface area contributed by atoms with Crippen molar-refractivity contribution in [3.63, 3.8) is 0 Å². The molecule has 0 saturated heterocycles. The summed E-state index contributed by atoms with van der Waals surface area (Å²) < 4.78 is 5.70. The molecule has 0 bridgehead atoms. The van der Waals surface area contributed by atoms with Crippen molar-refractivity contribution in [3.05, 3.63) is 30.1 Å². The highest BCUT2D eigenvalue weighted by atomic mass is 16.5. The molecule has 1 aliphatic rings. The maximum Gasteiger partial charge on any atom is 0.193 e. The van der Waals surface area contributed by atoms with Gasteiger partial charge in [0.2, 0.25) is 0 Å². The van der Waals surface area contributed by atoms with Crippen LogP contribution in [0.25, 0.3) is 0 Å². The molecule has 1 aromatic heterocycles. The third-order valence-corrected chi connectivity index (χ3v) is 3.70. The average Bonchev–Trinajstić information content (AvgIpc) is 3.36. The van der Waals surface area contributed by atoms with E-state index >= 15 is 0 Å². The zero-order chi connectivity index (χ0) is 15.6. The molecule has 2 rings (SSSR count). The van der Waals surface area contributed by atoms with E-state index in [9.17, 15) is 0 Å². The van der Waals surface area contributed by atoms with E-state index in [4.69, 9.17) is 4.74 Å². The Bertz CT molecular complexity index is 445. The molecule has 122 valence electrons. The summed E-state index contributed by atoms with van der Waals surface area (Å²) in [7, 11) is 2.06. The van der Waals surface area contributed by atoms with Crippen molar-refractivity contribution < 1.29 is 4.74 Å². The second kappa shape index (κ2) is 9.41. The van der Waals surface area contributed by atoms with E-state index in [2.05, 4.69) is 40.2 Å². The summed E-state index contributed by atoms with van der Waals surface area (Å²) in [4.78, 5) is 11.0. The summed E-state index contributed by atoms with van der Waals surface area (Å²) in [6.45, 7) is 6.28. The molecule has 1 fully saturated rings. The Hall–Kier alpha value is -1.62. The van der Waals surface area contributed by atoms with Crippen molar-refractivity contribution in [2.24, 2.45) is 10.9 Å². The molecular weight excluding hydrogens is 276 g/mol. The number of likely N-dealkylation sites (N-methyl/N-ethyl adjacent to an activating group) is 1. The molecule has 5 heteroatoms. The fourth-order valence-corrected chi connectivity index (χ4v) is 2.15. The highest BCUT2D eigenvalue weighted by molar-refractivity contribution is 5.79. The molecule has 1 heterocycles. The van der Waals surface area contributed by atoms with Gasteiger partial charge in [-0.15, -0.1) is 0 Å². The van der Waals surface area contributed by atoms with Crippen molar-refractivity contribution in [1.82, 2.24) is 15.2 Å². The lowest BCUT2D eigenvalue weighted by Crippen LogP contribution is -2.40. The number of pyridine rings is 1. The van der Waals surface area contributed by atoms with Crippen molar-refractivity contribution >= 4 is 5.96 Å². The lowest BCUT2D eigenvalue weighted by atomic mass is 10.2. The van der Waals surface area contributed by atoms with Gasteiger partial charge in [-0.05, 0) is 43.7 Å². The molecule has 0 aliphatic heterocycles. The number of nitrogens with one attached hydrogen (secondary N) is 1. The molecule has 0 amide bonds. The van der Waals surface area contributed by atoms with Crippen LogP contribution in [0.5, 0.6) is 0 Å². The van der Waals surface area contributed by atoms with E-state index in [1.165, 1.54) is 18.4 Å². The normalized spacial score (nSPS) is 14.9. The van der Waals surface area contributed by atoms with Crippen molar-refractivity contribution in [1.29, 1.82) is 0 Å². The molecule has 0 atom stereocenters. The van der Waals surface area contributed by atoms with Gasteiger partial charge in [0.15, 0.2) is 5.96 Å². The Morgan fingerprint density at radius 3 is 3.05 bits per heavy atom. The first kappa shape index (κ1) is 16.7. The van der Waals surface area contributed by atoms with Crippen LogP contribution in [-0.2, 0) is 11.2 Å². The summed E-state index contributed by atoms with van der Waals surface area (Å²) in [5.74, 6) is 1.77. The molecule has 0 aromatic carbocycles. The summed E-state index contributed by atoms with van der Waals surface area (Å²) in [6.07, 6.45) is 7.29. The van der Waals surface area contributed by atoms with E-state index < -0.39 is 0 Å². The van der Waals surface area contributed by atoms with E-state index in [0.717, 1.165) is 51.1 Å². The average molecular weight is 304 g/mol. The van der Waals surface area contributed by atoms with Crippen LogP contribution in [0.1, 0.15) is 25.3 Å². The minimum Gasteiger partial charge on any atom is -0.379 e. The van der Waals surface area contributed by atoms with Gasteiger partial charge in [-0.3, -0.25) is 9.98 Å². The predicted molar refractivity (Wildman–Crippen MR) is 90.1 cm³/mol. The second-order valence-electron chi connectivity index (χ2n) is 5.79. The molecule has 0 spiro atoms. The molecule has 5 nitrogen and oxygen atoms in total. The number of aromatic nitrogens is 1.